The standard InChI is InChI=1S/C14H28N2/c1-11-6-5-7-13(8-11)16-9-12(2)15-10-14(16,3)4/h11-13,15H,5-10H2,1-4H3. The average molecular weight is 224 g/mol. The third kappa shape index (κ3) is 2.60. The lowest BCUT2D eigenvalue weighted by molar-refractivity contribution is 0.00585. The topological polar surface area (TPSA) is 15.3 Å². The van der Waals surface area contributed by atoms with Crippen LogP contribution in [0.15, 0.2) is 0 Å². The largest absolute Gasteiger partial charge is 0.311 e. The molecule has 0 amide bonds. The molecule has 0 aromatic carbocycles. The van der Waals surface area contributed by atoms with Crippen LogP contribution in [-0.2, 0) is 0 Å². The predicted molar refractivity (Wildman–Crippen MR) is 69.7 cm³/mol. The minimum Gasteiger partial charge on any atom is -0.311 e. The fraction of sp³-hybridized carbons (Fsp3) is 1.00. The van der Waals surface area contributed by atoms with Crippen molar-refractivity contribution in [3.05, 3.63) is 0 Å². The molecule has 3 atom stereocenters. The van der Waals surface area contributed by atoms with Gasteiger partial charge < -0.3 is 5.32 Å². The number of nitrogens with zero attached hydrogens (tertiary/aromatic N) is 1. The lowest BCUT2D eigenvalue weighted by atomic mass is 9.83. The number of hydrogen-bond donors (Lipinski definition) is 1. The van der Waals surface area contributed by atoms with Gasteiger partial charge in [0.05, 0.1) is 0 Å². The first-order valence-electron chi connectivity index (χ1n) is 6.99. The molecule has 94 valence electrons. The molecule has 1 N–H and O–H groups in total. The van der Waals surface area contributed by atoms with Gasteiger partial charge >= 0.3 is 0 Å². The highest BCUT2D eigenvalue weighted by molar-refractivity contribution is 4.96. The molecule has 1 aliphatic carbocycles. The molecule has 0 radical (unpaired) electrons. The second-order valence-corrected chi connectivity index (χ2v) is 6.67. The zero-order valence-electron chi connectivity index (χ0n) is 11.4. The van der Waals surface area contributed by atoms with Gasteiger partial charge in [0, 0.05) is 30.7 Å². The van der Waals surface area contributed by atoms with E-state index >= 15 is 0 Å². The molecule has 1 aliphatic heterocycles. The van der Waals surface area contributed by atoms with Crippen LogP contribution in [-0.4, -0.2) is 35.6 Å². The second kappa shape index (κ2) is 4.66. The Bertz CT molecular complexity index is 237. The molecule has 2 aliphatic rings. The van der Waals surface area contributed by atoms with Crippen LogP contribution in [0.25, 0.3) is 0 Å². The number of hydrogen-bond acceptors (Lipinski definition) is 2. The predicted octanol–water partition coefficient (Wildman–Crippen LogP) is 2.64. The Morgan fingerprint density at radius 2 is 1.94 bits per heavy atom. The molecule has 0 spiro atoms. The summed E-state index contributed by atoms with van der Waals surface area (Å²) in [6, 6.07) is 1.49. The molecule has 2 nitrogen and oxygen atoms in total. The minimum atomic E-state index is 0.342. The van der Waals surface area contributed by atoms with E-state index in [4.69, 9.17) is 0 Å². The van der Waals surface area contributed by atoms with Gasteiger partial charge in [0.25, 0.3) is 0 Å². The normalized spacial score (nSPS) is 40.9. The summed E-state index contributed by atoms with van der Waals surface area (Å²) in [5, 5.41) is 3.61. The van der Waals surface area contributed by atoms with Gasteiger partial charge in [-0.3, -0.25) is 4.90 Å². The zero-order valence-corrected chi connectivity index (χ0v) is 11.4. The van der Waals surface area contributed by atoms with Gasteiger partial charge in [0.15, 0.2) is 0 Å². The maximum Gasteiger partial charge on any atom is 0.0281 e. The van der Waals surface area contributed by atoms with E-state index in [1.54, 1.807) is 0 Å². The summed E-state index contributed by atoms with van der Waals surface area (Å²) in [4.78, 5) is 2.78. The van der Waals surface area contributed by atoms with Crippen LogP contribution in [0.3, 0.4) is 0 Å². The molecular formula is C14H28N2. The highest BCUT2D eigenvalue weighted by Crippen LogP contribution is 2.32. The summed E-state index contributed by atoms with van der Waals surface area (Å²) in [5.74, 6) is 0.930. The smallest absolute Gasteiger partial charge is 0.0281 e. The monoisotopic (exact) mass is 224 g/mol. The molecule has 2 fully saturated rings. The minimum absolute atomic E-state index is 0.342. The molecule has 1 heterocycles. The quantitative estimate of drug-likeness (QED) is 0.736. The van der Waals surface area contributed by atoms with Gasteiger partial charge in [0.1, 0.15) is 0 Å². The van der Waals surface area contributed by atoms with Gasteiger partial charge in [-0.05, 0) is 39.5 Å². The molecule has 1 saturated heterocycles. The fourth-order valence-corrected chi connectivity index (χ4v) is 3.46. The lowest BCUT2D eigenvalue weighted by Crippen LogP contribution is -2.64. The summed E-state index contributed by atoms with van der Waals surface area (Å²) in [6.45, 7) is 11.9. The van der Waals surface area contributed by atoms with E-state index in [1.807, 2.05) is 0 Å². The van der Waals surface area contributed by atoms with Crippen LogP contribution in [0.5, 0.6) is 0 Å². The van der Waals surface area contributed by atoms with E-state index < -0.39 is 0 Å². The van der Waals surface area contributed by atoms with Gasteiger partial charge in [-0.25, -0.2) is 0 Å². The van der Waals surface area contributed by atoms with Crippen molar-refractivity contribution in [3.8, 4) is 0 Å². The fourth-order valence-electron chi connectivity index (χ4n) is 3.46. The Hall–Kier alpha value is -0.0800. The van der Waals surface area contributed by atoms with E-state index in [0.29, 0.717) is 11.6 Å². The van der Waals surface area contributed by atoms with Gasteiger partial charge in [-0.1, -0.05) is 19.8 Å². The van der Waals surface area contributed by atoms with Crippen molar-refractivity contribution in [2.24, 2.45) is 5.92 Å². The van der Waals surface area contributed by atoms with Gasteiger partial charge in [0.2, 0.25) is 0 Å². The zero-order chi connectivity index (χ0) is 11.8. The van der Waals surface area contributed by atoms with Crippen molar-refractivity contribution in [2.75, 3.05) is 13.1 Å². The average Bonchev–Trinajstić information content (AvgIpc) is 2.22. The Balaban J connectivity index is 2.04. The highest BCUT2D eigenvalue weighted by atomic mass is 15.3. The summed E-state index contributed by atoms with van der Waals surface area (Å²) in [5.41, 5.74) is 0.342. The van der Waals surface area contributed by atoms with Crippen molar-refractivity contribution in [2.45, 2.75) is 71.0 Å². The number of rotatable bonds is 1. The third-order valence-corrected chi connectivity index (χ3v) is 4.48. The first-order chi connectivity index (χ1) is 7.49. The van der Waals surface area contributed by atoms with Crippen molar-refractivity contribution in [1.29, 1.82) is 0 Å². The van der Waals surface area contributed by atoms with Gasteiger partial charge in [-0.15, -0.1) is 0 Å². The van der Waals surface area contributed by atoms with Gasteiger partial charge in [-0.2, -0.15) is 0 Å². The molecular weight excluding hydrogens is 196 g/mol. The SMILES string of the molecule is CC1CCCC(N2CC(C)NCC2(C)C)C1. The van der Waals surface area contributed by atoms with Crippen LogP contribution in [0.2, 0.25) is 0 Å². The molecule has 3 unspecified atom stereocenters. The maximum absolute atomic E-state index is 3.61. The molecule has 0 bridgehead atoms. The van der Waals surface area contributed by atoms with Crippen LogP contribution < -0.4 is 5.32 Å². The van der Waals surface area contributed by atoms with Crippen LogP contribution in [0, 0.1) is 5.92 Å². The van der Waals surface area contributed by atoms with E-state index in [9.17, 15) is 0 Å². The van der Waals surface area contributed by atoms with E-state index in [1.165, 1.54) is 32.2 Å². The summed E-state index contributed by atoms with van der Waals surface area (Å²) in [7, 11) is 0. The number of nitrogens with one attached hydrogen (secondary N) is 1. The second-order valence-electron chi connectivity index (χ2n) is 6.67. The molecule has 2 rings (SSSR count). The van der Waals surface area contributed by atoms with Crippen LogP contribution in [0.4, 0.5) is 0 Å². The van der Waals surface area contributed by atoms with E-state index in [0.717, 1.165) is 18.5 Å². The van der Waals surface area contributed by atoms with Crippen molar-refractivity contribution in [3.63, 3.8) is 0 Å². The first-order valence-corrected chi connectivity index (χ1v) is 6.99. The summed E-state index contributed by atoms with van der Waals surface area (Å²) >= 11 is 0. The Labute approximate surface area is 101 Å². The highest BCUT2D eigenvalue weighted by Gasteiger charge is 2.38. The lowest BCUT2D eigenvalue weighted by Gasteiger charge is -2.51. The third-order valence-electron chi connectivity index (χ3n) is 4.48. The van der Waals surface area contributed by atoms with Crippen molar-refractivity contribution < 1.29 is 0 Å². The van der Waals surface area contributed by atoms with Crippen molar-refractivity contribution in [1.82, 2.24) is 10.2 Å². The maximum atomic E-state index is 3.61. The molecule has 2 heteroatoms. The van der Waals surface area contributed by atoms with Crippen LogP contribution >= 0.6 is 0 Å². The molecule has 16 heavy (non-hydrogen) atoms. The summed E-state index contributed by atoms with van der Waals surface area (Å²) < 4.78 is 0. The molecule has 1 saturated carbocycles. The Morgan fingerprint density at radius 3 is 2.62 bits per heavy atom. The Kier molecular flexibility index (Phi) is 3.60. The van der Waals surface area contributed by atoms with E-state index in [-0.39, 0.29) is 0 Å². The molecule has 0 aromatic rings. The first kappa shape index (κ1) is 12.4. The van der Waals surface area contributed by atoms with E-state index in [2.05, 4.69) is 37.9 Å². The molecule has 0 aromatic heterocycles. The Morgan fingerprint density at radius 1 is 1.19 bits per heavy atom. The number of piperazine rings is 1. The van der Waals surface area contributed by atoms with Crippen molar-refractivity contribution >= 4 is 0 Å². The summed E-state index contributed by atoms with van der Waals surface area (Å²) in [6.07, 6.45) is 5.70. The van der Waals surface area contributed by atoms with Crippen LogP contribution in [0.1, 0.15) is 53.4 Å².